The lowest BCUT2D eigenvalue weighted by Crippen LogP contribution is -2.38. The lowest BCUT2D eigenvalue weighted by Gasteiger charge is -2.15. The fourth-order valence-corrected chi connectivity index (χ4v) is 3.16. The standard InChI is InChI=1S/C21H35N3O2.HI/c1-18(19-10-4-3-5-11-19)25-16-8-14-23-21(22-2)24-15-9-17-26-20-12-6-7-13-20;/h3-5,10-11,18,20H,6-9,12-17H2,1-2H3,(H2,22,23,24);1H. The summed E-state index contributed by atoms with van der Waals surface area (Å²) in [5.74, 6) is 0.849. The summed E-state index contributed by atoms with van der Waals surface area (Å²) >= 11 is 0. The third-order valence-electron chi connectivity index (χ3n) is 4.74. The first-order valence-electron chi connectivity index (χ1n) is 10.0. The summed E-state index contributed by atoms with van der Waals surface area (Å²) in [6.45, 7) is 5.39. The summed E-state index contributed by atoms with van der Waals surface area (Å²) < 4.78 is 11.8. The van der Waals surface area contributed by atoms with Crippen LogP contribution in [0.25, 0.3) is 0 Å². The summed E-state index contributed by atoms with van der Waals surface area (Å²) in [6, 6.07) is 10.3. The molecule has 154 valence electrons. The Labute approximate surface area is 181 Å². The summed E-state index contributed by atoms with van der Waals surface area (Å²) in [5.41, 5.74) is 1.22. The van der Waals surface area contributed by atoms with Crippen LogP contribution in [0.5, 0.6) is 0 Å². The molecule has 0 saturated heterocycles. The van der Waals surface area contributed by atoms with Gasteiger partial charge < -0.3 is 20.1 Å². The van der Waals surface area contributed by atoms with E-state index in [4.69, 9.17) is 9.47 Å². The van der Waals surface area contributed by atoms with E-state index >= 15 is 0 Å². The molecule has 1 atom stereocenters. The quantitative estimate of drug-likeness (QED) is 0.211. The molecular formula is C21H36IN3O2. The predicted molar refractivity (Wildman–Crippen MR) is 123 cm³/mol. The molecule has 1 unspecified atom stereocenters. The van der Waals surface area contributed by atoms with Crippen LogP contribution in [0.1, 0.15) is 57.1 Å². The van der Waals surface area contributed by atoms with Gasteiger partial charge in [0.15, 0.2) is 5.96 Å². The first-order valence-corrected chi connectivity index (χ1v) is 10.0. The Bertz CT molecular complexity index is 507. The third kappa shape index (κ3) is 10.3. The number of benzene rings is 1. The number of nitrogens with one attached hydrogen (secondary N) is 2. The predicted octanol–water partition coefficient (Wildman–Crippen LogP) is 4.29. The molecule has 6 heteroatoms. The molecule has 0 aromatic heterocycles. The number of aliphatic imine (C=N–C) groups is 1. The molecule has 1 aromatic carbocycles. The molecular weight excluding hydrogens is 453 g/mol. The lowest BCUT2D eigenvalue weighted by atomic mass is 10.1. The van der Waals surface area contributed by atoms with Gasteiger partial charge in [0, 0.05) is 33.4 Å². The first kappa shape index (κ1) is 24.2. The van der Waals surface area contributed by atoms with Crippen molar-refractivity contribution in [1.29, 1.82) is 0 Å². The number of hydrogen-bond donors (Lipinski definition) is 2. The van der Waals surface area contributed by atoms with Crippen molar-refractivity contribution in [2.24, 2.45) is 4.99 Å². The average Bonchev–Trinajstić information content (AvgIpc) is 3.20. The van der Waals surface area contributed by atoms with Crippen LogP contribution in [0.2, 0.25) is 0 Å². The van der Waals surface area contributed by atoms with Crippen molar-refractivity contribution in [2.45, 2.75) is 57.7 Å². The van der Waals surface area contributed by atoms with Crippen molar-refractivity contribution >= 4 is 29.9 Å². The van der Waals surface area contributed by atoms with Crippen LogP contribution in [-0.4, -0.2) is 45.4 Å². The van der Waals surface area contributed by atoms with Gasteiger partial charge in [-0.15, -0.1) is 24.0 Å². The van der Waals surface area contributed by atoms with Crippen molar-refractivity contribution in [3.63, 3.8) is 0 Å². The van der Waals surface area contributed by atoms with Crippen molar-refractivity contribution in [3.05, 3.63) is 35.9 Å². The molecule has 27 heavy (non-hydrogen) atoms. The smallest absolute Gasteiger partial charge is 0.190 e. The second-order valence-corrected chi connectivity index (χ2v) is 6.83. The van der Waals surface area contributed by atoms with Crippen LogP contribution in [0.15, 0.2) is 35.3 Å². The molecule has 0 heterocycles. The van der Waals surface area contributed by atoms with E-state index in [1.807, 2.05) is 18.2 Å². The molecule has 0 radical (unpaired) electrons. The van der Waals surface area contributed by atoms with Crippen LogP contribution in [0.4, 0.5) is 0 Å². The van der Waals surface area contributed by atoms with Gasteiger partial charge in [0.05, 0.1) is 12.2 Å². The minimum absolute atomic E-state index is 0. The Morgan fingerprint density at radius 1 is 1.07 bits per heavy atom. The zero-order valence-corrected chi connectivity index (χ0v) is 19.1. The minimum atomic E-state index is 0. The zero-order chi connectivity index (χ0) is 18.5. The van der Waals surface area contributed by atoms with Gasteiger partial charge in [-0.1, -0.05) is 43.2 Å². The van der Waals surface area contributed by atoms with Crippen LogP contribution in [-0.2, 0) is 9.47 Å². The highest BCUT2D eigenvalue weighted by Crippen LogP contribution is 2.20. The van der Waals surface area contributed by atoms with Gasteiger partial charge in [0.1, 0.15) is 0 Å². The molecule has 1 fully saturated rings. The van der Waals surface area contributed by atoms with E-state index in [0.717, 1.165) is 45.1 Å². The third-order valence-corrected chi connectivity index (χ3v) is 4.74. The van der Waals surface area contributed by atoms with Gasteiger partial charge >= 0.3 is 0 Å². The molecule has 2 N–H and O–H groups in total. The average molecular weight is 489 g/mol. The van der Waals surface area contributed by atoms with Crippen LogP contribution < -0.4 is 10.6 Å². The maximum absolute atomic E-state index is 5.89. The van der Waals surface area contributed by atoms with E-state index < -0.39 is 0 Å². The van der Waals surface area contributed by atoms with Crippen molar-refractivity contribution < 1.29 is 9.47 Å². The molecule has 1 aliphatic rings. The Balaban J connectivity index is 0.00000364. The first-order chi connectivity index (χ1) is 12.8. The number of halogens is 1. The van der Waals surface area contributed by atoms with E-state index in [0.29, 0.717) is 6.10 Å². The maximum Gasteiger partial charge on any atom is 0.190 e. The normalized spacial score (nSPS) is 16.0. The Kier molecular flexibility index (Phi) is 13.5. The molecule has 0 spiro atoms. The Hall–Kier alpha value is -0.860. The van der Waals surface area contributed by atoms with Crippen LogP contribution >= 0.6 is 24.0 Å². The summed E-state index contributed by atoms with van der Waals surface area (Å²) in [6.07, 6.45) is 7.72. The van der Waals surface area contributed by atoms with E-state index in [9.17, 15) is 0 Å². The van der Waals surface area contributed by atoms with E-state index in [1.165, 1.54) is 31.2 Å². The highest BCUT2D eigenvalue weighted by Gasteiger charge is 2.14. The van der Waals surface area contributed by atoms with Gasteiger partial charge in [0.25, 0.3) is 0 Å². The van der Waals surface area contributed by atoms with Gasteiger partial charge in [0.2, 0.25) is 0 Å². The number of hydrogen-bond acceptors (Lipinski definition) is 3. The maximum atomic E-state index is 5.89. The van der Waals surface area contributed by atoms with Crippen LogP contribution in [0.3, 0.4) is 0 Å². The van der Waals surface area contributed by atoms with E-state index in [1.54, 1.807) is 7.05 Å². The van der Waals surface area contributed by atoms with Crippen molar-refractivity contribution in [1.82, 2.24) is 10.6 Å². The Morgan fingerprint density at radius 3 is 2.33 bits per heavy atom. The number of rotatable bonds is 11. The summed E-state index contributed by atoms with van der Waals surface area (Å²) in [4.78, 5) is 4.26. The molecule has 0 bridgehead atoms. The Morgan fingerprint density at radius 2 is 1.70 bits per heavy atom. The van der Waals surface area contributed by atoms with Gasteiger partial charge in [-0.05, 0) is 38.2 Å². The van der Waals surface area contributed by atoms with Crippen LogP contribution in [0, 0.1) is 0 Å². The number of ether oxygens (including phenoxy) is 2. The second kappa shape index (κ2) is 15.1. The SMILES string of the molecule is CN=C(NCCCOC1CCCC1)NCCCOC(C)c1ccccc1.I. The molecule has 2 rings (SSSR count). The summed E-state index contributed by atoms with van der Waals surface area (Å²) in [5, 5.41) is 6.67. The fraction of sp³-hybridized carbons (Fsp3) is 0.667. The van der Waals surface area contributed by atoms with Crippen molar-refractivity contribution in [3.8, 4) is 0 Å². The molecule has 1 saturated carbocycles. The largest absolute Gasteiger partial charge is 0.378 e. The van der Waals surface area contributed by atoms with E-state index in [2.05, 4.69) is 34.7 Å². The highest BCUT2D eigenvalue weighted by atomic mass is 127. The minimum Gasteiger partial charge on any atom is -0.378 e. The zero-order valence-electron chi connectivity index (χ0n) is 16.8. The molecule has 5 nitrogen and oxygen atoms in total. The molecule has 0 amide bonds. The lowest BCUT2D eigenvalue weighted by molar-refractivity contribution is 0.0574. The highest BCUT2D eigenvalue weighted by molar-refractivity contribution is 14.0. The molecule has 1 aromatic rings. The summed E-state index contributed by atoms with van der Waals surface area (Å²) in [7, 11) is 1.80. The monoisotopic (exact) mass is 489 g/mol. The fourth-order valence-electron chi connectivity index (χ4n) is 3.16. The number of nitrogens with zero attached hydrogens (tertiary/aromatic N) is 1. The molecule has 0 aliphatic heterocycles. The van der Waals surface area contributed by atoms with Gasteiger partial charge in [-0.3, -0.25) is 4.99 Å². The molecule has 1 aliphatic carbocycles. The number of guanidine groups is 1. The van der Waals surface area contributed by atoms with Crippen molar-refractivity contribution in [2.75, 3.05) is 33.4 Å². The topological polar surface area (TPSA) is 54.9 Å². The van der Waals surface area contributed by atoms with Gasteiger partial charge in [-0.25, -0.2) is 0 Å². The van der Waals surface area contributed by atoms with E-state index in [-0.39, 0.29) is 30.1 Å². The van der Waals surface area contributed by atoms with Gasteiger partial charge in [-0.2, -0.15) is 0 Å². The second-order valence-electron chi connectivity index (χ2n) is 6.83.